The van der Waals surface area contributed by atoms with Gasteiger partial charge in [0.25, 0.3) is 0 Å². The zero-order valence-electron chi connectivity index (χ0n) is 16.7. The molecule has 0 spiro atoms. The van der Waals surface area contributed by atoms with Gasteiger partial charge < -0.3 is 15.0 Å². The molecular formula is C22H25F3N2O2. The normalized spacial score (nSPS) is 15.2. The maximum Gasteiger partial charge on any atom is 0.416 e. The molecule has 1 amide bonds. The Kier molecular flexibility index (Phi) is 5.89. The number of carbonyl (C=O) groups is 1. The number of benzene rings is 2. The average Bonchev–Trinajstić information content (AvgIpc) is 2.59. The predicted octanol–water partition coefficient (Wildman–Crippen LogP) is 5.08. The van der Waals surface area contributed by atoms with Crippen molar-refractivity contribution in [1.82, 2.24) is 10.2 Å². The molecule has 1 fully saturated rings. The minimum atomic E-state index is -4.32. The maximum atomic E-state index is 12.7. The molecule has 0 radical (unpaired) electrons. The summed E-state index contributed by atoms with van der Waals surface area (Å²) in [5.41, 5.74) is 1.52. The lowest BCUT2D eigenvalue weighted by Crippen LogP contribution is -2.60. The summed E-state index contributed by atoms with van der Waals surface area (Å²) in [5.74, 6) is 0. The molecule has 0 atom stereocenters. The summed E-state index contributed by atoms with van der Waals surface area (Å²) in [6, 6.07) is 13.1. The molecule has 7 heteroatoms. The van der Waals surface area contributed by atoms with Gasteiger partial charge in [0.1, 0.15) is 5.60 Å². The van der Waals surface area contributed by atoms with Crippen LogP contribution < -0.4 is 5.32 Å². The molecule has 1 aliphatic rings. The lowest BCUT2D eigenvalue weighted by molar-refractivity contribution is -0.137. The van der Waals surface area contributed by atoms with Crippen LogP contribution in [0.1, 0.15) is 31.9 Å². The van der Waals surface area contributed by atoms with Gasteiger partial charge in [-0.05, 0) is 49.6 Å². The van der Waals surface area contributed by atoms with Crippen molar-refractivity contribution < 1.29 is 22.7 Å². The smallest absolute Gasteiger partial charge is 0.416 e. The van der Waals surface area contributed by atoms with Crippen LogP contribution in [0.15, 0.2) is 48.5 Å². The lowest BCUT2D eigenvalue weighted by atomic mass is 10.0. The SMILES string of the molecule is CC(C)(C)OC(=O)N1CC(NCc2ccc(-c3ccc(C(F)(F)F)cc3)cc2)C1. The number of likely N-dealkylation sites (tertiary alicyclic amines) is 1. The summed E-state index contributed by atoms with van der Waals surface area (Å²) in [4.78, 5) is 13.6. The fourth-order valence-electron chi connectivity index (χ4n) is 3.01. The Balaban J connectivity index is 1.48. The first-order valence-corrected chi connectivity index (χ1v) is 9.49. The van der Waals surface area contributed by atoms with Gasteiger partial charge in [0.05, 0.1) is 5.56 Å². The fourth-order valence-corrected chi connectivity index (χ4v) is 3.01. The Morgan fingerprint density at radius 1 is 1.00 bits per heavy atom. The average molecular weight is 406 g/mol. The molecule has 0 aromatic heterocycles. The van der Waals surface area contributed by atoms with E-state index >= 15 is 0 Å². The zero-order valence-corrected chi connectivity index (χ0v) is 16.7. The van der Waals surface area contributed by atoms with E-state index in [1.165, 1.54) is 12.1 Å². The van der Waals surface area contributed by atoms with Crippen LogP contribution in [-0.2, 0) is 17.5 Å². The standard InChI is InChI=1S/C22H25F3N2O2/c1-21(2,3)29-20(28)27-13-19(14-27)26-12-15-4-6-16(7-5-15)17-8-10-18(11-9-17)22(23,24)25/h4-11,19,26H,12-14H2,1-3H3. The predicted molar refractivity (Wildman–Crippen MR) is 105 cm³/mol. The molecule has 29 heavy (non-hydrogen) atoms. The Morgan fingerprint density at radius 2 is 1.52 bits per heavy atom. The van der Waals surface area contributed by atoms with E-state index in [-0.39, 0.29) is 12.1 Å². The van der Waals surface area contributed by atoms with E-state index in [0.717, 1.165) is 28.8 Å². The highest BCUT2D eigenvalue weighted by Gasteiger charge is 2.33. The van der Waals surface area contributed by atoms with Crippen LogP contribution in [0.3, 0.4) is 0 Å². The molecule has 0 bridgehead atoms. The third-order valence-corrected chi connectivity index (χ3v) is 4.63. The van der Waals surface area contributed by atoms with Gasteiger partial charge in [-0.1, -0.05) is 36.4 Å². The first kappa shape index (κ1) is 21.2. The number of amides is 1. The van der Waals surface area contributed by atoms with Crippen molar-refractivity contribution in [2.75, 3.05) is 13.1 Å². The first-order chi connectivity index (χ1) is 13.5. The molecule has 0 saturated carbocycles. The summed E-state index contributed by atoms with van der Waals surface area (Å²) in [6.07, 6.45) is -4.62. The van der Waals surface area contributed by atoms with Crippen molar-refractivity contribution in [1.29, 1.82) is 0 Å². The third-order valence-electron chi connectivity index (χ3n) is 4.63. The highest BCUT2D eigenvalue weighted by atomic mass is 19.4. The molecule has 1 saturated heterocycles. The molecule has 4 nitrogen and oxygen atoms in total. The molecule has 2 aromatic carbocycles. The van der Waals surface area contributed by atoms with Crippen molar-refractivity contribution >= 4 is 6.09 Å². The topological polar surface area (TPSA) is 41.6 Å². The Labute approximate surface area is 168 Å². The van der Waals surface area contributed by atoms with E-state index in [4.69, 9.17) is 4.74 Å². The number of hydrogen-bond donors (Lipinski definition) is 1. The second-order valence-electron chi connectivity index (χ2n) is 8.24. The molecule has 1 N–H and O–H groups in total. The van der Waals surface area contributed by atoms with Crippen LogP contribution in [0.2, 0.25) is 0 Å². The van der Waals surface area contributed by atoms with Crippen molar-refractivity contribution in [2.24, 2.45) is 0 Å². The second kappa shape index (κ2) is 8.06. The molecule has 3 rings (SSSR count). The van der Waals surface area contributed by atoms with Gasteiger partial charge in [-0.2, -0.15) is 13.2 Å². The van der Waals surface area contributed by atoms with Crippen molar-refractivity contribution in [3.63, 3.8) is 0 Å². The second-order valence-corrected chi connectivity index (χ2v) is 8.24. The number of halogens is 3. The molecule has 0 aliphatic carbocycles. The van der Waals surface area contributed by atoms with Gasteiger partial charge in [0.2, 0.25) is 0 Å². The highest BCUT2D eigenvalue weighted by molar-refractivity contribution is 5.69. The van der Waals surface area contributed by atoms with Crippen molar-refractivity contribution in [3.8, 4) is 11.1 Å². The van der Waals surface area contributed by atoms with Crippen LogP contribution >= 0.6 is 0 Å². The fraction of sp³-hybridized carbons (Fsp3) is 0.409. The van der Waals surface area contributed by atoms with Gasteiger partial charge >= 0.3 is 12.3 Å². The minimum Gasteiger partial charge on any atom is -0.444 e. The summed E-state index contributed by atoms with van der Waals surface area (Å²) in [5, 5.41) is 3.39. The van der Waals surface area contributed by atoms with E-state index in [9.17, 15) is 18.0 Å². The lowest BCUT2D eigenvalue weighted by Gasteiger charge is -2.40. The highest BCUT2D eigenvalue weighted by Crippen LogP contribution is 2.31. The van der Waals surface area contributed by atoms with Crippen LogP contribution in [0.25, 0.3) is 11.1 Å². The van der Waals surface area contributed by atoms with Gasteiger partial charge in [-0.25, -0.2) is 4.79 Å². The molecule has 2 aromatic rings. The Morgan fingerprint density at radius 3 is 2.00 bits per heavy atom. The van der Waals surface area contributed by atoms with Crippen LogP contribution in [0.5, 0.6) is 0 Å². The number of hydrogen-bond acceptors (Lipinski definition) is 3. The quantitative estimate of drug-likeness (QED) is 0.770. The zero-order chi connectivity index (χ0) is 21.2. The van der Waals surface area contributed by atoms with Crippen LogP contribution in [0, 0.1) is 0 Å². The molecule has 1 heterocycles. The van der Waals surface area contributed by atoms with E-state index in [1.54, 1.807) is 4.90 Å². The first-order valence-electron chi connectivity index (χ1n) is 9.49. The number of alkyl halides is 3. The van der Waals surface area contributed by atoms with Crippen molar-refractivity contribution in [3.05, 3.63) is 59.7 Å². The number of rotatable bonds is 4. The van der Waals surface area contributed by atoms with Gasteiger partial charge in [-0.15, -0.1) is 0 Å². The largest absolute Gasteiger partial charge is 0.444 e. The van der Waals surface area contributed by atoms with Crippen LogP contribution in [0.4, 0.5) is 18.0 Å². The van der Waals surface area contributed by atoms with Gasteiger partial charge in [-0.3, -0.25) is 0 Å². The Bertz CT molecular complexity index is 834. The monoisotopic (exact) mass is 406 g/mol. The summed E-state index contributed by atoms with van der Waals surface area (Å²) in [6.45, 7) is 7.40. The summed E-state index contributed by atoms with van der Waals surface area (Å²) >= 11 is 0. The van der Waals surface area contributed by atoms with Gasteiger partial charge in [0, 0.05) is 25.7 Å². The molecule has 156 valence electrons. The Hall–Kier alpha value is -2.54. The number of nitrogens with zero attached hydrogens (tertiary/aromatic N) is 1. The van der Waals surface area contributed by atoms with E-state index in [0.29, 0.717) is 19.6 Å². The van der Waals surface area contributed by atoms with Gasteiger partial charge in [0.15, 0.2) is 0 Å². The summed E-state index contributed by atoms with van der Waals surface area (Å²) < 4.78 is 43.3. The van der Waals surface area contributed by atoms with E-state index < -0.39 is 17.3 Å². The molecule has 1 aliphatic heterocycles. The minimum absolute atomic E-state index is 0.220. The van der Waals surface area contributed by atoms with E-state index in [2.05, 4.69) is 5.32 Å². The van der Waals surface area contributed by atoms with Crippen molar-refractivity contribution in [2.45, 2.75) is 45.1 Å². The van der Waals surface area contributed by atoms with E-state index in [1.807, 2.05) is 45.0 Å². The third kappa shape index (κ3) is 5.73. The number of nitrogens with one attached hydrogen (secondary N) is 1. The molecule has 0 unspecified atom stereocenters. The number of ether oxygens (including phenoxy) is 1. The summed E-state index contributed by atoms with van der Waals surface area (Å²) in [7, 11) is 0. The van der Waals surface area contributed by atoms with Crippen LogP contribution in [-0.4, -0.2) is 35.7 Å². The number of carbonyl (C=O) groups excluding carboxylic acids is 1. The maximum absolute atomic E-state index is 12.7. The molecular weight excluding hydrogens is 381 g/mol.